The van der Waals surface area contributed by atoms with Crippen LogP contribution in [-0.2, 0) is 98.5 Å². The van der Waals surface area contributed by atoms with Crippen LogP contribution in [0, 0.1) is 12.7 Å². The van der Waals surface area contributed by atoms with E-state index in [4.69, 9.17) is 23.9 Å². The highest BCUT2D eigenvalue weighted by Crippen LogP contribution is 2.47. The average molecular weight is 1240 g/mol. The van der Waals surface area contributed by atoms with E-state index in [-0.39, 0.29) is 37.1 Å². The molecule has 0 saturated heterocycles. The van der Waals surface area contributed by atoms with Crippen LogP contribution in [0.2, 0.25) is 0 Å². The number of likely N-dealkylation sites (N-methyl/N-ethyl adjacent to an activating group) is 1. The zero-order chi connectivity index (χ0) is 65.0. The number of carbonyl (C=O) groups is 11. The fourth-order valence-corrected chi connectivity index (χ4v) is 10.9. The molecule has 1 aliphatic carbocycles. The predicted molar refractivity (Wildman–Crippen MR) is 312 cm³/mol. The van der Waals surface area contributed by atoms with E-state index in [9.17, 15) is 62.6 Å². The lowest BCUT2D eigenvalue weighted by Gasteiger charge is -2.35. The Labute approximate surface area is 510 Å². The largest absolute Gasteiger partial charge is 0.459 e. The van der Waals surface area contributed by atoms with E-state index in [1.165, 1.54) is 15.5 Å². The van der Waals surface area contributed by atoms with Crippen molar-refractivity contribution in [2.24, 2.45) is 0 Å². The maximum Gasteiger partial charge on any atom is 0.410 e. The molecule has 3 aliphatic heterocycles. The molecule has 28 heteroatoms. The first-order chi connectivity index (χ1) is 41.9. The molecule has 27 nitrogen and oxygen atoms in total. The van der Waals surface area contributed by atoms with Crippen LogP contribution in [0.1, 0.15) is 106 Å². The number of aromatic nitrogens is 2. The quantitative estimate of drug-likeness (QED) is 0.0185. The molecule has 9 amide bonds. The molecule has 2 aromatic carbocycles. The highest BCUT2D eigenvalue weighted by Gasteiger charge is 2.47. The molecular weight excluding hydrogens is 1160 g/mol. The normalized spacial score (nSPS) is 17.1. The van der Waals surface area contributed by atoms with Crippen LogP contribution in [0.4, 0.5) is 9.18 Å². The molecule has 0 spiro atoms. The number of carbonyl (C=O) groups excluding carboxylic acids is 11. The van der Waals surface area contributed by atoms with Gasteiger partial charge in [0.2, 0.25) is 35.4 Å². The summed E-state index contributed by atoms with van der Waals surface area (Å²) < 4.78 is 38.6. The van der Waals surface area contributed by atoms with Gasteiger partial charge in [-0.3, -0.25) is 57.7 Å². The van der Waals surface area contributed by atoms with Gasteiger partial charge in [-0.1, -0.05) is 37.3 Å². The Bertz CT molecular complexity index is 3650. The van der Waals surface area contributed by atoms with Crippen LogP contribution < -0.4 is 32.1 Å². The number of ether oxygens (including phenoxy) is 4. The van der Waals surface area contributed by atoms with Gasteiger partial charge in [-0.2, -0.15) is 0 Å². The molecule has 4 atom stereocenters. The second-order valence-electron chi connectivity index (χ2n) is 23.8. The number of rotatable bonds is 22. The number of fused-ring (bicyclic) bond motifs is 5. The lowest BCUT2D eigenvalue weighted by Crippen LogP contribution is -2.57. The lowest BCUT2D eigenvalue weighted by atomic mass is 9.81. The Morgan fingerprint density at radius 1 is 0.843 bits per heavy atom. The van der Waals surface area contributed by atoms with Crippen LogP contribution in [-0.4, -0.2) is 171 Å². The summed E-state index contributed by atoms with van der Waals surface area (Å²) in [5, 5.41) is 24.1. The number of pyridine rings is 2. The summed E-state index contributed by atoms with van der Waals surface area (Å²) >= 11 is 0. The van der Waals surface area contributed by atoms with Crippen molar-refractivity contribution in [1.82, 2.24) is 50.8 Å². The molecule has 474 valence electrons. The topological polar surface area (TPSA) is 350 Å². The first kappa shape index (κ1) is 65.5. The van der Waals surface area contributed by atoms with Crippen molar-refractivity contribution in [1.29, 1.82) is 0 Å². The van der Waals surface area contributed by atoms with Crippen LogP contribution in [0.3, 0.4) is 0 Å². The lowest BCUT2D eigenvalue weighted by molar-refractivity contribution is -0.172. The van der Waals surface area contributed by atoms with Crippen molar-refractivity contribution in [2.45, 2.75) is 129 Å². The molecule has 8 rings (SSSR count). The number of amides is 9. The van der Waals surface area contributed by atoms with Crippen molar-refractivity contribution >= 4 is 76.2 Å². The number of cyclic esters (lactones) is 1. The van der Waals surface area contributed by atoms with Gasteiger partial charge < -0.3 is 60.1 Å². The summed E-state index contributed by atoms with van der Waals surface area (Å²) in [6, 6.07) is 7.69. The monoisotopic (exact) mass is 1230 g/mol. The molecule has 2 aromatic heterocycles. The summed E-state index contributed by atoms with van der Waals surface area (Å²) in [6.45, 7) is 7.76. The average Bonchev–Trinajstić information content (AvgIpc) is 1.64. The van der Waals surface area contributed by atoms with E-state index in [0.29, 0.717) is 67.8 Å². The Kier molecular flexibility index (Phi) is 19.5. The number of nitrogens with zero attached hydrogens (tertiary/aromatic N) is 5. The molecule has 0 bridgehead atoms. The zero-order valence-corrected chi connectivity index (χ0v) is 50.7. The van der Waals surface area contributed by atoms with Gasteiger partial charge in [0.25, 0.3) is 17.4 Å². The molecule has 0 saturated carbocycles. The maximum absolute atomic E-state index is 15.5. The number of aliphatic hydroxyl groups is 1. The molecule has 0 unspecified atom stereocenters. The molecule has 0 fully saturated rings. The molecule has 0 radical (unpaired) electrons. The Morgan fingerprint density at radius 3 is 2.13 bits per heavy atom. The fourth-order valence-electron chi connectivity index (χ4n) is 10.9. The highest BCUT2D eigenvalue weighted by molar-refractivity contribution is 6.15. The maximum atomic E-state index is 15.5. The molecule has 4 aromatic rings. The van der Waals surface area contributed by atoms with Gasteiger partial charge in [0.1, 0.15) is 55.6 Å². The van der Waals surface area contributed by atoms with E-state index in [2.05, 4.69) is 26.6 Å². The van der Waals surface area contributed by atoms with Gasteiger partial charge in [0.05, 0.1) is 61.2 Å². The van der Waals surface area contributed by atoms with E-state index in [1.54, 1.807) is 98.8 Å². The first-order valence-corrected chi connectivity index (χ1v) is 28.7. The number of imide groups is 1. The zero-order valence-electron chi connectivity index (χ0n) is 50.7. The molecular formula is C61H71FN10O17. The van der Waals surface area contributed by atoms with Crippen LogP contribution in [0.25, 0.3) is 22.3 Å². The number of esters is 2. The second kappa shape index (κ2) is 26.5. The number of hydrogen-bond donors (Lipinski definition) is 6. The van der Waals surface area contributed by atoms with Gasteiger partial charge in [-0.25, -0.2) is 19.0 Å². The molecule has 4 aliphatic rings. The number of benzene rings is 2. The SMILES string of the molecule is CC[C@@]1(O)C(=O)OCc2c1cc1n(c2=O)Cc2c-1nc1cc(F)c(C)c3c1c2[C@@H](N(C)C(=O)COCNC(=O)CNC(=O)[C@H](Cc1ccccc1)NC(=O)CNC(=O)CNC(=O)[C@H](CN(CC(=O)OC(C)(C)C)C(=O)OC(C)(C)C)N1C(=O)C=CC1=O)CC3. The predicted octanol–water partition coefficient (Wildman–Crippen LogP) is 1.01. The van der Waals surface area contributed by atoms with Crippen molar-refractivity contribution in [2.75, 3.05) is 53.1 Å². The number of halogens is 1. The minimum Gasteiger partial charge on any atom is -0.459 e. The van der Waals surface area contributed by atoms with Gasteiger partial charge in [-0.05, 0) is 96.0 Å². The molecule has 5 heterocycles. The number of hydrogen-bond acceptors (Lipinski definition) is 18. The van der Waals surface area contributed by atoms with Crippen LogP contribution in [0.5, 0.6) is 0 Å². The standard InChI is InChI=1S/C61H71FN10O17/c1-10-61(85)37-21-42-53-35(26-71(42)56(82)36(37)29-87-57(61)83)52-41(17-16-34-32(2)38(62)22-39(68-53)51(34)52)69(9)49(78)30-86-31-66-45(74)24-64-54(80)40(20-33-14-12-11-13-15-33)67-46(75)25-63-44(73)23-65-55(81)43(72-47(76)18-19-48(72)77)27-70(58(84)89-60(6,7)8)28-50(79)88-59(3,4)5/h11-15,18-19,21-22,40-41,43,85H,10,16-17,20,23-31H2,1-9H3,(H,63,73)(H,64,80)(H,65,81)(H,66,74)(H,67,75)/t40-,41-,43-,61-/m0/s1. The summed E-state index contributed by atoms with van der Waals surface area (Å²) in [4.78, 5) is 167. The smallest absolute Gasteiger partial charge is 0.410 e. The van der Waals surface area contributed by atoms with Gasteiger partial charge >= 0.3 is 18.0 Å². The summed E-state index contributed by atoms with van der Waals surface area (Å²) in [7, 11) is 1.57. The Morgan fingerprint density at radius 2 is 1.48 bits per heavy atom. The first-order valence-electron chi connectivity index (χ1n) is 28.7. The summed E-state index contributed by atoms with van der Waals surface area (Å²) in [6.07, 6.45) is 1.32. The van der Waals surface area contributed by atoms with Crippen molar-refractivity contribution in [3.8, 4) is 11.4 Å². The summed E-state index contributed by atoms with van der Waals surface area (Å²) in [5.74, 6) is -9.02. The number of aryl methyl sites for hydroxylation is 1. The van der Waals surface area contributed by atoms with Gasteiger partial charge in [0, 0.05) is 48.2 Å². The highest BCUT2D eigenvalue weighted by atomic mass is 19.1. The van der Waals surface area contributed by atoms with Crippen LogP contribution >= 0.6 is 0 Å². The number of nitrogens with one attached hydrogen (secondary N) is 5. The molecule has 89 heavy (non-hydrogen) atoms. The van der Waals surface area contributed by atoms with E-state index in [0.717, 1.165) is 17.1 Å². The molecule has 6 N–H and O–H groups in total. The fraction of sp³-hybridized carbons (Fsp3) is 0.459. The van der Waals surface area contributed by atoms with Crippen LogP contribution in [0.15, 0.2) is 59.4 Å². The second-order valence-corrected chi connectivity index (χ2v) is 23.8. The van der Waals surface area contributed by atoms with Gasteiger partial charge in [-0.15, -0.1) is 0 Å². The van der Waals surface area contributed by atoms with E-state index < -0.39 is 158 Å². The minimum absolute atomic E-state index is 0.0302. The third-order valence-electron chi connectivity index (χ3n) is 15.3. The Balaban J connectivity index is 0.850. The Hall–Kier alpha value is -9.44. The van der Waals surface area contributed by atoms with Crippen molar-refractivity contribution in [3.05, 3.63) is 110 Å². The van der Waals surface area contributed by atoms with Crippen molar-refractivity contribution in [3.63, 3.8) is 0 Å². The van der Waals surface area contributed by atoms with Crippen molar-refractivity contribution < 1.29 is 81.2 Å². The summed E-state index contributed by atoms with van der Waals surface area (Å²) in [5.41, 5.74) is -0.431. The van der Waals surface area contributed by atoms with Gasteiger partial charge in [0.15, 0.2) is 5.60 Å². The van der Waals surface area contributed by atoms with E-state index in [1.807, 2.05) is 0 Å². The third kappa shape index (κ3) is 14.8. The van der Waals surface area contributed by atoms with E-state index >= 15 is 4.39 Å². The minimum atomic E-state index is -2.08. The third-order valence-corrected chi connectivity index (χ3v) is 15.3.